The monoisotopic (exact) mass is 396 g/mol. The van der Waals surface area contributed by atoms with Gasteiger partial charge in [-0.1, -0.05) is 32.0 Å². The second-order valence-electron chi connectivity index (χ2n) is 8.00. The third-order valence-corrected chi connectivity index (χ3v) is 4.88. The van der Waals surface area contributed by atoms with E-state index in [4.69, 9.17) is 4.74 Å². The van der Waals surface area contributed by atoms with Crippen molar-refractivity contribution in [3.8, 4) is 5.75 Å². The molecule has 0 aliphatic heterocycles. The summed E-state index contributed by atoms with van der Waals surface area (Å²) >= 11 is 0. The van der Waals surface area contributed by atoms with Gasteiger partial charge in [0.05, 0.1) is 6.61 Å². The number of ether oxygens (including phenoxy) is 1. The zero-order chi connectivity index (χ0) is 21.4. The van der Waals surface area contributed by atoms with E-state index in [0.717, 1.165) is 17.7 Å². The van der Waals surface area contributed by atoms with Gasteiger partial charge in [0, 0.05) is 23.2 Å². The lowest BCUT2D eigenvalue weighted by Gasteiger charge is -2.24. The molecule has 0 radical (unpaired) electrons. The molecule has 2 rings (SSSR count). The van der Waals surface area contributed by atoms with Crippen LogP contribution in [0.1, 0.15) is 55.1 Å². The van der Waals surface area contributed by atoms with Gasteiger partial charge in [0.1, 0.15) is 5.75 Å². The molecule has 5 nitrogen and oxygen atoms in total. The molecule has 5 heteroatoms. The molecule has 29 heavy (non-hydrogen) atoms. The Morgan fingerprint density at radius 2 is 1.83 bits per heavy atom. The van der Waals surface area contributed by atoms with Crippen LogP contribution in [-0.4, -0.2) is 25.0 Å². The van der Waals surface area contributed by atoms with Gasteiger partial charge in [-0.25, -0.2) is 0 Å². The van der Waals surface area contributed by atoms with Crippen LogP contribution in [0.2, 0.25) is 0 Å². The lowest BCUT2D eigenvalue weighted by Crippen LogP contribution is -2.31. The molecule has 156 valence electrons. The van der Waals surface area contributed by atoms with Gasteiger partial charge in [-0.3, -0.25) is 9.59 Å². The maximum Gasteiger partial charge on any atom is 0.251 e. The lowest BCUT2D eigenvalue weighted by molar-refractivity contribution is -0.124. The van der Waals surface area contributed by atoms with Crippen LogP contribution in [0.3, 0.4) is 0 Å². The Kier molecular flexibility index (Phi) is 7.82. The van der Waals surface area contributed by atoms with Gasteiger partial charge in [-0.05, 0) is 69.0 Å². The number of hydrogen-bond acceptors (Lipinski definition) is 3. The molecule has 2 aromatic carbocycles. The largest absolute Gasteiger partial charge is 0.493 e. The first-order valence-corrected chi connectivity index (χ1v) is 10.1. The number of carbonyl (C=O) groups is 2. The molecule has 2 amide bonds. The topological polar surface area (TPSA) is 67.4 Å². The van der Waals surface area contributed by atoms with E-state index in [0.29, 0.717) is 30.8 Å². The van der Waals surface area contributed by atoms with Gasteiger partial charge in [0.15, 0.2) is 0 Å². The predicted molar refractivity (Wildman–Crippen MR) is 118 cm³/mol. The van der Waals surface area contributed by atoms with E-state index in [1.165, 1.54) is 5.56 Å². The molecule has 0 bridgehead atoms. The van der Waals surface area contributed by atoms with Crippen molar-refractivity contribution in [3.63, 3.8) is 0 Å². The summed E-state index contributed by atoms with van der Waals surface area (Å²) in [7, 11) is 0. The van der Waals surface area contributed by atoms with Gasteiger partial charge in [0.25, 0.3) is 5.91 Å². The summed E-state index contributed by atoms with van der Waals surface area (Å²) in [6.07, 6.45) is 1.46. The average Bonchev–Trinajstić information content (AvgIpc) is 2.68. The van der Waals surface area contributed by atoms with Crippen molar-refractivity contribution < 1.29 is 14.3 Å². The number of benzene rings is 2. The molecule has 0 heterocycles. The molecular weight excluding hydrogens is 364 g/mol. The number of aryl methyl sites for hydroxylation is 2. The number of anilines is 1. The summed E-state index contributed by atoms with van der Waals surface area (Å²) in [5.41, 5.74) is 2.88. The highest BCUT2D eigenvalue weighted by Gasteiger charge is 2.27. The normalized spacial score (nSPS) is 11.1. The van der Waals surface area contributed by atoms with Crippen LogP contribution in [0.25, 0.3) is 0 Å². The summed E-state index contributed by atoms with van der Waals surface area (Å²) in [5.74, 6) is 0.679. The van der Waals surface area contributed by atoms with Crippen molar-refractivity contribution in [1.29, 1.82) is 0 Å². The number of rotatable bonds is 9. The zero-order valence-electron chi connectivity index (χ0n) is 18.1. The highest BCUT2D eigenvalue weighted by Crippen LogP contribution is 2.26. The van der Waals surface area contributed by atoms with Crippen molar-refractivity contribution in [2.75, 3.05) is 18.5 Å². The van der Waals surface area contributed by atoms with E-state index in [1.54, 1.807) is 24.3 Å². The van der Waals surface area contributed by atoms with Crippen molar-refractivity contribution in [2.24, 2.45) is 5.41 Å². The smallest absolute Gasteiger partial charge is 0.251 e. The minimum absolute atomic E-state index is 0.0720. The molecule has 0 fully saturated rings. The van der Waals surface area contributed by atoms with Gasteiger partial charge in [0.2, 0.25) is 5.91 Å². The van der Waals surface area contributed by atoms with E-state index in [9.17, 15) is 9.59 Å². The molecule has 2 aromatic rings. The van der Waals surface area contributed by atoms with Crippen molar-refractivity contribution in [1.82, 2.24) is 5.32 Å². The van der Waals surface area contributed by atoms with Crippen molar-refractivity contribution >= 4 is 17.5 Å². The van der Waals surface area contributed by atoms with Gasteiger partial charge in [-0.2, -0.15) is 0 Å². The Bertz CT molecular complexity index is 859. The Hall–Kier alpha value is -2.82. The van der Waals surface area contributed by atoms with Crippen molar-refractivity contribution in [3.05, 3.63) is 59.2 Å². The summed E-state index contributed by atoms with van der Waals surface area (Å²) in [6, 6.07) is 13.1. The van der Waals surface area contributed by atoms with E-state index < -0.39 is 5.41 Å². The fourth-order valence-corrected chi connectivity index (χ4v) is 2.97. The summed E-state index contributed by atoms with van der Waals surface area (Å²) in [4.78, 5) is 24.7. The van der Waals surface area contributed by atoms with Crippen LogP contribution in [0.15, 0.2) is 42.5 Å². The van der Waals surface area contributed by atoms with Crippen LogP contribution in [0.4, 0.5) is 5.69 Å². The molecule has 0 aliphatic rings. The second-order valence-corrected chi connectivity index (χ2v) is 8.00. The highest BCUT2D eigenvalue weighted by atomic mass is 16.5. The number of nitrogens with one attached hydrogen (secondary N) is 2. The van der Waals surface area contributed by atoms with Crippen LogP contribution in [0.5, 0.6) is 5.75 Å². The van der Waals surface area contributed by atoms with E-state index in [-0.39, 0.29) is 11.8 Å². The fourth-order valence-electron chi connectivity index (χ4n) is 2.97. The van der Waals surface area contributed by atoms with Gasteiger partial charge < -0.3 is 15.4 Å². The van der Waals surface area contributed by atoms with E-state index in [1.807, 2.05) is 40.7 Å². The molecule has 0 unspecified atom stereocenters. The van der Waals surface area contributed by atoms with Gasteiger partial charge in [-0.15, -0.1) is 0 Å². The van der Waals surface area contributed by atoms with Crippen LogP contribution < -0.4 is 15.4 Å². The minimum Gasteiger partial charge on any atom is -0.493 e. The lowest BCUT2D eigenvalue weighted by atomic mass is 9.87. The SMILES string of the molecule is CCNC(=O)c1cccc(NC(=O)C(C)(C)CCCOc2cc(C)ccc2C)c1. The number of carbonyl (C=O) groups excluding carboxylic acids is 2. The highest BCUT2D eigenvalue weighted by molar-refractivity contribution is 5.98. The summed E-state index contributed by atoms with van der Waals surface area (Å²) < 4.78 is 5.90. The maximum atomic E-state index is 12.8. The van der Waals surface area contributed by atoms with E-state index >= 15 is 0 Å². The first-order valence-electron chi connectivity index (χ1n) is 10.1. The van der Waals surface area contributed by atoms with E-state index in [2.05, 4.69) is 22.8 Å². The maximum absolute atomic E-state index is 12.8. The first kappa shape index (κ1) is 22.5. The molecule has 0 saturated heterocycles. The Morgan fingerprint density at radius 3 is 2.55 bits per heavy atom. The summed E-state index contributed by atoms with van der Waals surface area (Å²) in [6.45, 7) is 10.9. The molecule has 0 saturated carbocycles. The Balaban J connectivity index is 1.88. The Labute approximate surface area is 173 Å². The number of amides is 2. The standard InChI is InChI=1S/C24H32N2O3/c1-6-25-22(27)19-9-7-10-20(16-19)26-23(28)24(4,5)13-8-14-29-21-15-17(2)11-12-18(21)3/h7,9-12,15-16H,6,8,13-14H2,1-5H3,(H,25,27)(H,26,28). The second kappa shape index (κ2) is 10.1. The van der Waals surface area contributed by atoms with Crippen LogP contribution in [0, 0.1) is 19.3 Å². The molecular formula is C24H32N2O3. The minimum atomic E-state index is -0.549. The van der Waals surface area contributed by atoms with Crippen LogP contribution >= 0.6 is 0 Å². The first-order chi connectivity index (χ1) is 13.7. The molecule has 2 N–H and O–H groups in total. The van der Waals surface area contributed by atoms with Gasteiger partial charge >= 0.3 is 0 Å². The van der Waals surface area contributed by atoms with Crippen molar-refractivity contribution in [2.45, 2.75) is 47.5 Å². The molecule has 0 aliphatic carbocycles. The number of hydrogen-bond donors (Lipinski definition) is 2. The molecule has 0 atom stereocenters. The fraction of sp³-hybridized carbons (Fsp3) is 0.417. The predicted octanol–water partition coefficient (Wildman–Crippen LogP) is 4.88. The zero-order valence-corrected chi connectivity index (χ0v) is 18.1. The summed E-state index contributed by atoms with van der Waals surface area (Å²) in [5, 5.41) is 5.70. The Morgan fingerprint density at radius 1 is 1.07 bits per heavy atom. The molecule has 0 aromatic heterocycles. The molecule has 0 spiro atoms. The van der Waals surface area contributed by atoms with Crippen LogP contribution in [-0.2, 0) is 4.79 Å². The average molecular weight is 397 g/mol. The third-order valence-electron chi connectivity index (χ3n) is 4.88. The quantitative estimate of drug-likeness (QED) is 0.594. The third kappa shape index (κ3) is 6.63.